The van der Waals surface area contributed by atoms with Crippen LogP contribution in [0.2, 0.25) is 0 Å². The minimum Gasteiger partial charge on any atom is -0.494 e. The molecular weight excluding hydrogens is 631 g/mol. The summed E-state index contributed by atoms with van der Waals surface area (Å²) in [6, 6.07) is 13.3. The molecule has 4 heterocycles. The van der Waals surface area contributed by atoms with E-state index in [0.717, 1.165) is 5.39 Å². The number of aliphatic hydroxyl groups is 2. The summed E-state index contributed by atoms with van der Waals surface area (Å²) in [5, 5.41) is 24.3. The van der Waals surface area contributed by atoms with Crippen LogP contribution in [0, 0.1) is 11.6 Å². The van der Waals surface area contributed by atoms with Gasteiger partial charge >= 0.3 is 6.18 Å². The lowest BCUT2D eigenvalue weighted by atomic mass is 9.95. The van der Waals surface area contributed by atoms with Crippen LogP contribution in [0.15, 0.2) is 67.0 Å². The summed E-state index contributed by atoms with van der Waals surface area (Å²) in [6.45, 7) is 2.38. The molecule has 5 aromatic rings. The van der Waals surface area contributed by atoms with Crippen molar-refractivity contribution < 1.29 is 36.9 Å². The standard InChI is InChI=1S/C31H27F5N6O3S/c1-29(2,43)19-13-24(39-28(25(19)33)21-11-17-6-4-8-20(32)26(17)38-21)30(44,31(34,35)36)46-15-42-14-22(40-41-42)18-10-16-7-5-9-37-27(16)23(12-18)45-3/h4-14,38,40-41,43-44H,15H2,1-3H3/t30-/m1/s1. The molecule has 0 unspecified atom stereocenters. The largest absolute Gasteiger partial charge is 0.494 e. The highest BCUT2D eigenvalue weighted by molar-refractivity contribution is 8.00. The second-order valence-corrected chi connectivity index (χ2v) is 12.2. The maximum atomic E-state index is 15.8. The second kappa shape index (κ2) is 11.4. The molecule has 9 nitrogen and oxygen atoms in total. The van der Waals surface area contributed by atoms with E-state index in [2.05, 4.69) is 25.9 Å². The number of aromatic nitrogens is 3. The number of alkyl halides is 3. The molecule has 1 aliphatic heterocycles. The van der Waals surface area contributed by atoms with Gasteiger partial charge in [0.25, 0.3) is 4.93 Å². The molecule has 240 valence electrons. The maximum absolute atomic E-state index is 15.8. The van der Waals surface area contributed by atoms with E-state index in [4.69, 9.17) is 4.74 Å². The highest BCUT2D eigenvalue weighted by Crippen LogP contribution is 2.48. The quantitative estimate of drug-likeness (QED) is 0.101. The number of aromatic amines is 1. The number of hydrogen-bond donors (Lipinski definition) is 5. The van der Waals surface area contributed by atoms with Gasteiger partial charge in [0.1, 0.15) is 22.8 Å². The zero-order chi connectivity index (χ0) is 33.0. The number of methoxy groups -OCH3 is 1. The lowest BCUT2D eigenvalue weighted by Crippen LogP contribution is -2.43. The molecule has 46 heavy (non-hydrogen) atoms. The van der Waals surface area contributed by atoms with Crippen molar-refractivity contribution in [3.05, 3.63) is 95.4 Å². The highest BCUT2D eigenvalue weighted by atomic mass is 32.2. The Morgan fingerprint density at radius 1 is 1.00 bits per heavy atom. The SMILES string of the molecule is COc1cc(C2=CN(CS[C@](O)(c3cc(C(C)(C)O)c(F)c(-c4cc5cccc(F)c5[nH]4)n3)C(F)(F)F)NN2)cc2cccnc12. The molecule has 0 amide bonds. The molecule has 0 saturated carbocycles. The fourth-order valence-corrected chi connectivity index (χ4v) is 5.96. The maximum Gasteiger partial charge on any atom is 0.432 e. The Bertz CT molecular complexity index is 1990. The number of para-hydroxylation sites is 1. The number of benzene rings is 2. The van der Waals surface area contributed by atoms with Gasteiger partial charge < -0.3 is 25.4 Å². The van der Waals surface area contributed by atoms with Crippen molar-refractivity contribution in [2.75, 3.05) is 13.0 Å². The number of thioether (sulfide) groups is 1. The van der Waals surface area contributed by atoms with E-state index in [1.165, 1.54) is 56.4 Å². The molecule has 0 radical (unpaired) electrons. The van der Waals surface area contributed by atoms with Crippen molar-refractivity contribution in [2.45, 2.75) is 30.6 Å². The van der Waals surface area contributed by atoms with E-state index < -0.39 is 51.2 Å². The van der Waals surface area contributed by atoms with Crippen LogP contribution < -0.4 is 15.7 Å². The Morgan fingerprint density at radius 3 is 2.46 bits per heavy atom. The van der Waals surface area contributed by atoms with Gasteiger partial charge in [-0.25, -0.2) is 13.8 Å². The molecule has 0 bridgehead atoms. The van der Waals surface area contributed by atoms with Crippen molar-refractivity contribution in [2.24, 2.45) is 0 Å². The van der Waals surface area contributed by atoms with Crippen molar-refractivity contribution in [1.29, 1.82) is 0 Å². The van der Waals surface area contributed by atoms with E-state index in [-0.39, 0.29) is 23.0 Å². The van der Waals surface area contributed by atoms with Crippen LogP contribution in [-0.2, 0) is 10.5 Å². The highest BCUT2D eigenvalue weighted by Gasteiger charge is 2.58. The van der Waals surface area contributed by atoms with E-state index in [1.807, 2.05) is 12.1 Å². The molecule has 5 N–H and O–H groups in total. The van der Waals surface area contributed by atoms with Crippen molar-refractivity contribution in [3.63, 3.8) is 0 Å². The number of pyridine rings is 2. The molecule has 2 aromatic carbocycles. The fraction of sp³-hybridized carbons (Fsp3) is 0.226. The summed E-state index contributed by atoms with van der Waals surface area (Å²) in [4.78, 5) is 7.23. The number of nitrogens with one attached hydrogen (secondary N) is 3. The molecule has 3 aromatic heterocycles. The number of hydrazine groups is 2. The first-order chi connectivity index (χ1) is 21.7. The predicted octanol–water partition coefficient (Wildman–Crippen LogP) is 6.01. The number of hydrogen-bond acceptors (Lipinski definition) is 9. The second-order valence-electron chi connectivity index (χ2n) is 11.1. The summed E-state index contributed by atoms with van der Waals surface area (Å²) < 4.78 is 79.7. The first-order valence-electron chi connectivity index (χ1n) is 13.8. The predicted molar refractivity (Wildman–Crippen MR) is 163 cm³/mol. The first-order valence-corrected chi connectivity index (χ1v) is 14.8. The van der Waals surface area contributed by atoms with Crippen molar-refractivity contribution in [1.82, 2.24) is 30.9 Å². The van der Waals surface area contributed by atoms with Gasteiger partial charge in [-0.05, 0) is 50.2 Å². The molecule has 1 aliphatic rings. The van der Waals surface area contributed by atoms with Gasteiger partial charge in [-0.1, -0.05) is 30.0 Å². The summed E-state index contributed by atoms with van der Waals surface area (Å²) in [5.74, 6) is -1.77. The third kappa shape index (κ3) is 5.59. The molecule has 1 atom stereocenters. The van der Waals surface area contributed by atoms with E-state index in [9.17, 15) is 27.8 Å². The van der Waals surface area contributed by atoms with Gasteiger partial charge in [-0.2, -0.15) is 13.2 Å². The number of rotatable bonds is 8. The van der Waals surface area contributed by atoms with Crippen LogP contribution >= 0.6 is 11.8 Å². The smallest absolute Gasteiger partial charge is 0.432 e. The minimum atomic E-state index is -5.30. The molecule has 0 fully saturated rings. The van der Waals surface area contributed by atoms with Crippen LogP contribution in [0.25, 0.3) is 38.9 Å². The monoisotopic (exact) mass is 658 g/mol. The van der Waals surface area contributed by atoms with E-state index >= 15 is 4.39 Å². The molecule has 0 spiro atoms. The molecule has 0 aliphatic carbocycles. The zero-order valence-corrected chi connectivity index (χ0v) is 25.3. The average molecular weight is 659 g/mol. The van der Waals surface area contributed by atoms with Crippen molar-refractivity contribution >= 4 is 39.3 Å². The Balaban J connectivity index is 1.36. The summed E-state index contributed by atoms with van der Waals surface area (Å²) in [5.41, 5.74) is 3.15. The molecule has 6 rings (SSSR count). The zero-order valence-electron chi connectivity index (χ0n) is 24.5. The van der Waals surface area contributed by atoms with Crippen molar-refractivity contribution in [3.8, 4) is 17.1 Å². The van der Waals surface area contributed by atoms with Gasteiger partial charge in [0.2, 0.25) is 0 Å². The minimum absolute atomic E-state index is 0.00938. The molecule has 15 heteroatoms. The number of ether oxygens (including phenoxy) is 1. The van der Waals surface area contributed by atoms with Gasteiger partial charge in [-0.15, -0.1) is 5.53 Å². The lowest BCUT2D eigenvalue weighted by Gasteiger charge is -2.32. The third-order valence-electron chi connectivity index (χ3n) is 7.44. The topological polar surface area (TPSA) is 119 Å². The summed E-state index contributed by atoms with van der Waals surface area (Å²) in [7, 11) is 1.50. The number of halogens is 5. The normalized spacial score (nSPS) is 15.3. The Kier molecular flexibility index (Phi) is 7.83. The van der Waals surface area contributed by atoms with Crippen LogP contribution in [0.1, 0.15) is 30.7 Å². The summed E-state index contributed by atoms with van der Waals surface area (Å²) >= 11 is 0.0631. The molecular formula is C31H27F5N6O3S. The summed E-state index contributed by atoms with van der Waals surface area (Å²) in [6.07, 6.45) is -2.17. The van der Waals surface area contributed by atoms with Crippen LogP contribution in [0.4, 0.5) is 22.0 Å². The first kappa shape index (κ1) is 31.5. The number of H-pyrrole nitrogens is 1. The van der Waals surface area contributed by atoms with Crippen LogP contribution in [0.5, 0.6) is 5.75 Å². The number of nitrogens with zero attached hydrogens (tertiary/aromatic N) is 3. The van der Waals surface area contributed by atoms with E-state index in [1.54, 1.807) is 18.3 Å². The third-order valence-corrected chi connectivity index (χ3v) is 8.71. The van der Waals surface area contributed by atoms with Gasteiger partial charge in [0.05, 0.1) is 41.2 Å². The molecule has 0 saturated heterocycles. The fourth-order valence-electron chi connectivity index (χ4n) is 5.08. The Labute approximate surface area is 263 Å². The van der Waals surface area contributed by atoms with Gasteiger partial charge in [0, 0.05) is 34.3 Å². The lowest BCUT2D eigenvalue weighted by molar-refractivity contribution is -0.226. The number of fused-ring (bicyclic) bond motifs is 2. The Morgan fingerprint density at radius 2 is 1.76 bits per heavy atom. The van der Waals surface area contributed by atoms with Gasteiger partial charge in [0.15, 0.2) is 5.82 Å². The Hall–Kier alpha value is -4.44. The average Bonchev–Trinajstić information content (AvgIpc) is 3.66. The van der Waals surface area contributed by atoms with Crippen LogP contribution in [0.3, 0.4) is 0 Å². The van der Waals surface area contributed by atoms with Crippen LogP contribution in [-0.4, -0.2) is 49.3 Å². The van der Waals surface area contributed by atoms with Gasteiger partial charge in [-0.3, -0.25) is 9.99 Å². The van der Waals surface area contributed by atoms with E-state index in [0.29, 0.717) is 34.0 Å².